The van der Waals surface area contributed by atoms with Gasteiger partial charge in [-0.2, -0.15) is 13.2 Å². The van der Waals surface area contributed by atoms with E-state index in [1.165, 1.54) is 0 Å². The Morgan fingerprint density at radius 1 is 1.18 bits per heavy atom. The minimum atomic E-state index is -4.55. The van der Waals surface area contributed by atoms with E-state index in [0.29, 0.717) is 17.7 Å². The number of carbonyl (C=O) groups is 2. The number of rotatable bonds is 6. The monoisotopic (exact) mass is 318 g/mol. The standard InChI is InChI=1S/C14H17F3N2O3/c1-2-3-12(20)19-11-6-4-10(5-7-11)8-18-13(21)22-9-14(15,16)17/h4-7H,2-3,8-9H2,1H3,(H,18,21)(H,19,20). The van der Waals surface area contributed by atoms with Crippen LogP contribution in [0.25, 0.3) is 0 Å². The van der Waals surface area contributed by atoms with Crippen LogP contribution in [-0.2, 0) is 16.1 Å². The fourth-order valence-corrected chi connectivity index (χ4v) is 1.53. The number of carbonyl (C=O) groups excluding carboxylic acids is 2. The van der Waals surface area contributed by atoms with E-state index in [0.717, 1.165) is 6.42 Å². The van der Waals surface area contributed by atoms with Crippen LogP contribution in [0.2, 0.25) is 0 Å². The van der Waals surface area contributed by atoms with Gasteiger partial charge in [-0.1, -0.05) is 19.1 Å². The third kappa shape index (κ3) is 7.51. The molecule has 5 nitrogen and oxygen atoms in total. The van der Waals surface area contributed by atoms with Crippen molar-refractivity contribution >= 4 is 17.7 Å². The third-order valence-corrected chi connectivity index (χ3v) is 2.52. The summed E-state index contributed by atoms with van der Waals surface area (Å²) in [4.78, 5) is 22.4. The summed E-state index contributed by atoms with van der Waals surface area (Å²) in [6.45, 7) is 0.299. The molecule has 22 heavy (non-hydrogen) atoms. The number of nitrogens with one attached hydrogen (secondary N) is 2. The molecule has 1 aromatic carbocycles. The second-order valence-electron chi connectivity index (χ2n) is 4.54. The van der Waals surface area contributed by atoms with Crippen LogP contribution in [0.1, 0.15) is 25.3 Å². The molecule has 0 unspecified atom stereocenters. The molecule has 8 heteroatoms. The molecule has 0 saturated carbocycles. The SMILES string of the molecule is CCCC(=O)Nc1ccc(CNC(=O)OCC(F)(F)F)cc1. The summed E-state index contributed by atoms with van der Waals surface area (Å²) >= 11 is 0. The Bertz CT molecular complexity index is 501. The van der Waals surface area contributed by atoms with Crippen molar-refractivity contribution in [2.24, 2.45) is 0 Å². The second kappa shape index (κ2) is 8.26. The lowest BCUT2D eigenvalue weighted by Crippen LogP contribution is -2.28. The molecule has 0 bridgehead atoms. The molecule has 0 aromatic heterocycles. The highest BCUT2D eigenvalue weighted by Gasteiger charge is 2.29. The first-order valence-electron chi connectivity index (χ1n) is 6.66. The van der Waals surface area contributed by atoms with Crippen LogP contribution < -0.4 is 10.6 Å². The average Bonchev–Trinajstić information content (AvgIpc) is 2.44. The molecule has 2 N–H and O–H groups in total. The van der Waals surface area contributed by atoms with E-state index < -0.39 is 18.9 Å². The lowest BCUT2D eigenvalue weighted by molar-refractivity contribution is -0.160. The third-order valence-electron chi connectivity index (χ3n) is 2.52. The topological polar surface area (TPSA) is 67.4 Å². The maximum absolute atomic E-state index is 11.8. The molecule has 1 rings (SSSR count). The Morgan fingerprint density at radius 2 is 1.82 bits per heavy atom. The molecule has 2 amide bonds. The van der Waals surface area contributed by atoms with E-state index >= 15 is 0 Å². The van der Waals surface area contributed by atoms with E-state index in [-0.39, 0.29) is 12.5 Å². The van der Waals surface area contributed by atoms with Crippen LogP contribution in [0.4, 0.5) is 23.7 Å². The first-order chi connectivity index (χ1) is 10.3. The van der Waals surface area contributed by atoms with Gasteiger partial charge in [0.05, 0.1) is 0 Å². The molecule has 122 valence electrons. The first-order valence-corrected chi connectivity index (χ1v) is 6.66. The Kier molecular flexibility index (Phi) is 6.68. The predicted molar refractivity (Wildman–Crippen MR) is 74.2 cm³/mol. The molecular weight excluding hydrogens is 301 g/mol. The number of hydrogen-bond donors (Lipinski definition) is 2. The van der Waals surface area contributed by atoms with Gasteiger partial charge in [-0.05, 0) is 24.1 Å². The lowest BCUT2D eigenvalue weighted by atomic mass is 10.2. The van der Waals surface area contributed by atoms with Crippen LogP contribution in [-0.4, -0.2) is 24.8 Å². The van der Waals surface area contributed by atoms with Crippen LogP contribution >= 0.6 is 0 Å². The summed E-state index contributed by atoms with van der Waals surface area (Å²) in [6, 6.07) is 6.58. The van der Waals surface area contributed by atoms with Gasteiger partial charge >= 0.3 is 12.3 Å². The van der Waals surface area contributed by atoms with Crippen molar-refractivity contribution in [1.82, 2.24) is 5.32 Å². The largest absolute Gasteiger partial charge is 0.440 e. The Morgan fingerprint density at radius 3 is 2.36 bits per heavy atom. The van der Waals surface area contributed by atoms with E-state index in [4.69, 9.17) is 0 Å². The maximum Gasteiger partial charge on any atom is 0.422 e. The van der Waals surface area contributed by atoms with Crippen LogP contribution in [0.15, 0.2) is 24.3 Å². The van der Waals surface area contributed by atoms with Crippen molar-refractivity contribution < 1.29 is 27.5 Å². The summed E-state index contributed by atoms with van der Waals surface area (Å²) in [6.07, 6.45) is -4.52. The highest BCUT2D eigenvalue weighted by Crippen LogP contribution is 2.14. The van der Waals surface area contributed by atoms with Gasteiger partial charge in [-0.25, -0.2) is 4.79 Å². The molecule has 1 aromatic rings. The summed E-state index contributed by atoms with van der Waals surface area (Å²) in [5, 5.41) is 4.90. The Balaban J connectivity index is 2.38. The molecule has 0 radical (unpaired) electrons. The summed E-state index contributed by atoms with van der Waals surface area (Å²) in [7, 11) is 0. The van der Waals surface area contributed by atoms with Crippen LogP contribution in [0.3, 0.4) is 0 Å². The van der Waals surface area contributed by atoms with Gasteiger partial charge < -0.3 is 15.4 Å². The number of hydrogen-bond acceptors (Lipinski definition) is 3. The number of benzene rings is 1. The Labute approximate surface area is 125 Å². The number of amides is 2. The van der Waals surface area contributed by atoms with Gasteiger partial charge in [0.25, 0.3) is 0 Å². The van der Waals surface area contributed by atoms with Crippen molar-refractivity contribution in [1.29, 1.82) is 0 Å². The molecular formula is C14H17F3N2O3. The zero-order chi connectivity index (χ0) is 16.6. The maximum atomic E-state index is 11.8. The van der Waals surface area contributed by atoms with E-state index in [9.17, 15) is 22.8 Å². The minimum Gasteiger partial charge on any atom is -0.440 e. The highest BCUT2D eigenvalue weighted by atomic mass is 19.4. The Hall–Kier alpha value is -2.25. The minimum absolute atomic E-state index is 0.0277. The summed E-state index contributed by atoms with van der Waals surface area (Å²) < 4.78 is 39.5. The van der Waals surface area contributed by atoms with E-state index in [1.807, 2.05) is 6.92 Å². The van der Waals surface area contributed by atoms with E-state index in [1.54, 1.807) is 24.3 Å². The number of anilines is 1. The van der Waals surface area contributed by atoms with Crippen LogP contribution in [0.5, 0.6) is 0 Å². The van der Waals surface area contributed by atoms with Crippen molar-refractivity contribution in [2.75, 3.05) is 11.9 Å². The van der Waals surface area contributed by atoms with Gasteiger partial charge in [0.15, 0.2) is 6.61 Å². The second-order valence-corrected chi connectivity index (χ2v) is 4.54. The van der Waals surface area contributed by atoms with Gasteiger partial charge in [-0.3, -0.25) is 4.79 Å². The number of ether oxygens (including phenoxy) is 1. The van der Waals surface area contributed by atoms with Crippen molar-refractivity contribution in [3.63, 3.8) is 0 Å². The summed E-state index contributed by atoms with van der Waals surface area (Å²) in [5.41, 5.74) is 1.28. The van der Waals surface area contributed by atoms with Crippen molar-refractivity contribution in [3.8, 4) is 0 Å². The number of halogens is 3. The molecule has 0 aliphatic rings. The van der Waals surface area contributed by atoms with Gasteiger partial charge in [-0.15, -0.1) is 0 Å². The van der Waals surface area contributed by atoms with Crippen molar-refractivity contribution in [2.45, 2.75) is 32.5 Å². The quantitative estimate of drug-likeness (QED) is 0.846. The fourth-order valence-electron chi connectivity index (χ4n) is 1.53. The smallest absolute Gasteiger partial charge is 0.422 e. The first kappa shape index (κ1) is 17.8. The molecule has 0 aliphatic heterocycles. The fraction of sp³-hybridized carbons (Fsp3) is 0.429. The zero-order valence-electron chi connectivity index (χ0n) is 12.0. The van der Waals surface area contributed by atoms with E-state index in [2.05, 4.69) is 15.4 Å². The predicted octanol–water partition coefficient (Wildman–Crippen LogP) is 3.21. The van der Waals surface area contributed by atoms with Crippen molar-refractivity contribution in [3.05, 3.63) is 29.8 Å². The van der Waals surface area contributed by atoms with Gasteiger partial charge in [0.2, 0.25) is 5.91 Å². The highest BCUT2D eigenvalue weighted by molar-refractivity contribution is 5.90. The molecule has 0 heterocycles. The van der Waals surface area contributed by atoms with Crippen LogP contribution in [0, 0.1) is 0 Å². The lowest BCUT2D eigenvalue weighted by Gasteiger charge is -2.09. The molecule has 0 saturated heterocycles. The molecule has 0 spiro atoms. The average molecular weight is 318 g/mol. The summed E-state index contributed by atoms with van der Waals surface area (Å²) in [5.74, 6) is -0.0934. The van der Waals surface area contributed by atoms with Gasteiger partial charge in [0.1, 0.15) is 0 Å². The molecule has 0 aliphatic carbocycles. The number of alkyl halides is 3. The molecule has 0 fully saturated rings. The number of alkyl carbamates (subject to hydrolysis) is 1. The zero-order valence-corrected chi connectivity index (χ0v) is 12.0. The molecule has 0 atom stereocenters. The normalized spacial score (nSPS) is 10.9. The van der Waals surface area contributed by atoms with Gasteiger partial charge in [0, 0.05) is 18.7 Å².